The molecule has 0 aliphatic carbocycles. The summed E-state index contributed by atoms with van der Waals surface area (Å²) in [5.41, 5.74) is 0.680. The van der Waals surface area contributed by atoms with Crippen molar-refractivity contribution in [2.75, 3.05) is 13.2 Å². The molecule has 44 heavy (non-hydrogen) atoms. The van der Waals surface area contributed by atoms with Gasteiger partial charge in [-0.1, -0.05) is 95.5 Å². The molecule has 0 saturated heterocycles. The van der Waals surface area contributed by atoms with Crippen molar-refractivity contribution >= 4 is 65.0 Å². The highest BCUT2D eigenvalue weighted by atomic mass is 35.6. The van der Waals surface area contributed by atoms with E-state index in [1.165, 1.54) is 0 Å². The van der Waals surface area contributed by atoms with Gasteiger partial charge in [-0.15, -0.1) is 0 Å². The molecule has 15 heteroatoms. The van der Waals surface area contributed by atoms with Gasteiger partial charge >= 0.3 is 24.2 Å². The lowest BCUT2D eigenvalue weighted by Gasteiger charge is -2.23. The number of amides is 3. The quantitative estimate of drug-likeness (QED) is 0.0678. The fourth-order valence-electron chi connectivity index (χ4n) is 3.26. The number of hydrogen-bond acceptors (Lipinski definition) is 9. The Morgan fingerprint density at radius 3 is 1.73 bits per heavy atom. The van der Waals surface area contributed by atoms with Crippen molar-refractivity contribution < 1.29 is 38.1 Å². The largest absolute Gasteiger partial charge is 0.460 e. The van der Waals surface area contributed by atoms with Crippen molar-refractivity contribution in [1.29, 1.82) is 0 Å². The van der Waals surface area contributed by atoms with E-state index in [1.807, 2.05) is 12.1 Å². The van der Waals surface area contributed by atoms with Crippen LogP contribution in [-0.2, 0) is 37.0 Å². The van der Waals surface area contributed by atoms with E-state index in [0.717, 1.165) is 11.1 Å². The molecule has 12 nitrogen and oxygen atoms in total. The highest BCUT2D eigenvalue weighted by Gasteiger charge is 2.28. The number of nitrogens with zero attached hydrogens (tertiary/aromatic N) is 1. The molecule has 0 aromatic heterocycles. The van der Waals surface area contributed by atoms with Crippen molar-refractivity contribution in [3.8, 4) is 0 Å². The minimum atomic E-state index is -1.85. The second-order valence-corrected chi connectivity index (χ2v) is 12.7. The van der Waals surface area contributed by atoms with Gasteiger partial charge in [0, 0.05) is 6.54 Å². The first kappa shape index (κ1) is 36.5. The minimum Gasteiger partial charge on any atom is -0.460 e. The summed E-state index contributed by atoms with van der Waals surface area (Å²) in [7, 11) is 0. The predicted octanol–water partition coefficient (Wildman–Crippen LogP) is 5.78. The summed E-state index contributed by atoms with van der Waals surface area (Å²) in [6.07, 6.45) is -2.42. The van der Waals surface area contributed by atoms with Crippen LogP contribution in [0.3, 0.4) is 0 Å². The van der Waals surface area contributed by atoms with Gasteiger partial charge in [-0.25, -0.2) is 19.2 Å². The fraction of sp³-hybridized carbons (Fsp3) is 0.414. The average Bonchev–Trinajstić information content (AvgIpc) is 2.95. The number of benzene rings is 2. The Labute approximate surface area is 270 Å². The second-order valence-electron chi connectivity index (χ2n) is 10.2. The zero-order valence-electron chi connectivity index (χ0n) is 24.4. The molecular formula is C29H35Cl3N4O8. The number of esters is 1. The molecule has 2 rings (SSSR count). The number of carbonyl (C=O) groups excluding carboxylic acids is 4. The molecule has 0 aliphatic rings. The third-order valence-electron chi connectivity index (χ3n) is 5.14. The molecule has 3 amide bonds. The lowest BCUT2D eigenvalue weighted by atomic mass is 10.1. The molecule has 2 aromatic rings. The van der Waals surface area contributed by atoms with Crippen LogP contribution in [0.5, 0.6) is 0 Å². The maximum absolute atomic E-state index is 12.6. The van der Waals surface area contributed by atoms with Crippen LogP contribution in [0.25, 0.3) is 0 Å². The molecule has 0 saturated carbocycles. The maximum atomic E-state index is 12.6. The van der Waals surface area contributed by atoms with Gasteiger partial charge in [0.15, 0.2) is 0 Å². The van der Waals surface area contributed by atoms with Crippen molar-refractivity contribution in [2.24, 2.45) is 4.99 Å². The van der Waals surface area contributed by atoms with Crippen molar-refractivity contribution in [2.45, 2.75) is 62.3 Å². The van der Waals surface area contributed by atoms with Crippen LogP contribution >= 0.6 is 34.8 Å². The molecule has 0 radical (unpaired) electrons. The summed E-state index contributed by atoms with van der Waals surface area (Å²) in [4.78, 5) is 54.0. The Morgan fingerprint density at radius 2 is 1.27 bits per heavy atom. The van der Waals surface area contributed by atoms with Crippen molar-refractivity contribution in [3.63, 3.8) is 0 Å². The lowest BCUT2D eigenvalue weighted by Crippen LogP contribution is -2.45. The van der Waals surface area contributed by atoms with E-state index in [0.29, 0.717) is 0 Å². The normalized spacial score (nSPS) is 11.8. The Kier molecular flexibility index (Phi) is 15.0. The zero-order chi connectivity index (χ0) is 32.6. The first-order valence-corrected chi connectivity index (χ1v) is 14.6. The number of hydrogen-bond donors (Lipinski definition) is 3. The SMILES string of the molecule is CC(C)(C)OC(=O)N[C@H](CCCN=C(NC(=O)OCc1ccccc1)NC(=O)OCc1ccccc1)C(=O)OCC(Cl)(Cl)Cl. The zero-order valence-corrected chi connectivity index (χ0v) is 26.7. The molecule has 3 N–H and O–H groups in total. The van der Waals surface area contributed by atoms with Gasteiger partial charge in [0.25, 0.3) is 0 Å². The summed E-state index contributed by atoms with van der Waals surface area (Å²) < 4.78 is 18.8. The van der Waals surface area contributed by atoms with E-state index < -0.39 is 46.3 Å². The first-order valence-electron chi connectivity index (χ1n) is 13.4. The molecular weight excluding hydrogens is 639 g/mol. The summed E-state index contributed by atoms with van der Waals surface area (Å²) in [6.45, 7) is 4.38. The number of aliphatic imine (C=N–C) groups is 1. The number of halogens is 3. The standard InChI is InChI=1S/C29H35Cl3N4O8/c1-28(2,3)44-27(40)34-22(23(37)43-19-29(30,31)32)15-10-16-33-24(35-25(38)41-17-20-11-6-4-7-12-20)36-26(39)42-18-21-13-8-5-9-14-21/h4-9,11-14,22H,10,15-19H2,1-3H3,(H,34,40)(H2,33,35,36,38,39)/t22-/m1/s1. The minimum absolute atomic E-state index is 0.0164. The number of nitrogens with one attached hydrogen (secondary N) is 3. The van der Waals surface area contributed by atoms with E-state index in [2.05, 4.69) is 20.9 Å². The monoisotopic (exact) mass is 672 g/mol. The first-order chi connectivity index (χ1) is 20.7. The van der Waals surface area contributed by atoms with Gasteiger partial charge in [-0.2, -0.15) is 0 Å². The third kappa shape index (κ3) is 16.8. The fourth-order valence-corrected chi connectivity index (χ4v) is 3.42. The van der Waals surface area contributed by atoms with Crippen molar-refractivity contribution in [3.05, 3.63) is 71.8 Å². The van der Waals surface area contributed by atoms with Gasteiger partial charge in [0.1, 0.15) is 31.5 Å². The Morgan fingerprint density at radius 1 is 0.773 bits per heavy atom. The number of alkyl halides is 3. The van der Waals surface area contributed by atoms with Gasteiger partial charge in [-0.05, 0) is 44.7 Å². The van der Waals surface area contributed by atoms with E-state index in [9.17, 15) is 19.2 Å². The van der Waals surface area contributed by atoms with E-state index in [-0.39, 0.29) is 38.6 Å². The van der Waals surface area contributed by atoms with Crippen LogP contribution in [0.1, 0.15) is 44.7 Å². The summed E-state index contributed by atoms with van der Waals surface area (Å²) in [5, 5.41) is 7.18. The van der Waals surface area contributed by atoms with Gasteiger partial charge in [0.05, 0.1) is 0 Å². The van der Waals surface area contributed by atoms with Crippen LogP contribution < -0.4 is 16.0 Å². The van der Waals surface area contributed by atoms with Gasteiger partial charge < -0.3 is 24.3 Å². The smallest absolute Gasteiger partial charge is 0.414 e. The van der Waals surface area contributed by atoms with Crippen LogP contribution in [-0.4, -0.2) is 58.8 Å². The van der Waals surface area contributed by atoms with Crippen LogP contribution in [0.4, 0.5) is 14.4 Å². The van der Waals surface area contributed by atoms with Crippen LogP contribution in [0.15, 0.2) is 65.7 Å². The molecule has 1 atom stereocenters. The number of carbonyl (C=O) groups is 4. The number of alkyl carbamates (subject to hydrolysis) is 3. The molecule has 0 spiro atoms. The number of rotatable bonds is 11. The molecule has 240 valence electrons. The highest BCUT2D eigenvalue weighted by Crippen LogP contribution is 2.26. The van der Waals surface area contributed by atoms with Crippen LogP contribution in [0.2, 0.25) is 0 Å². The second kappa shape index (κ2) is 18.2. The number of ether oxygens (including phenoxy) is 4. The molecule has 0 heterocycles. The Hall–Kier alpha value is -3.74. The topological polar surface area (TPSA) is 154 Å². The molecule has 0 aliphatic heterocycles. The van der Waals surface area contributed by atoms with Crippen LogP contribution in [0, 0.1) is 0 Å². The molecule has 0 fully saturated rings. The predicted molar refractivity (Wildman–Crippen MR) is 165 cm³/mol. The van der Waals surface area contributed by atoms with E-state index >= 15 is 0 Å². The highest BCUT2D eigenvalue weighted by molar-refractivity contribution is 6.67. The summed E-state index contributed by atoms with van der Waals surface area (Å²) >= 11 is 17.0. The molecule has 0 bridgehead atoms. The van der Waals surface area contributed by atoms with E-state index in [1.54, 1.807) is 69.3 Å². The third-order valence-corrected chi connectivity index (χ3v) is 5.47. The molecule has 2 aromatic carbocycles. The molecule has 0 unspecified atom stereocenters. The number of guanidine groups is 1. The maximum Gasteiger partial charge on any atom is 0.414 e. The summed E-state index contributed by atoms with van der Waals surface area (Å²) in [5.74, 6) is -1.12. The Balaban J connectivity index is 2.05. The Bertz CT molecular complexity index is 1190. The van der Waals surface area contributed by atoms with E-state index in [4.69, 9.17) is 53.8 Å². The van der Waals surface area contributed by atoms with Crippen molar-refractivity contribution in [1.82, 2.24) is 16.0 Å². The lowest BCUT2D eigenvalue weighted by molar-refractivity contribution is -0.146. The van der Waals surface area contributed by atoms with Gasteiger partial charge in [-0.3, -0.25) is 15.6 Å². The summed E-state index contributed by atoms with van der Waals surface area (Å²) in [6, 6.07) is 16.8. The average molecular weight is 674 g/mol. The van der Waals surface area contributed by atoms with Gasteiger partial charge in [0.2, 0.25) is 9.75 Å².